The van der Waals surface area contributed by atoms with Gasteiger partial charge in [-0.25, -0.2) is 9.98 Å². The number of aliphatic imine (C=N–C) groups is 1. The average molecular weight is 416 g/mol. The fraction of sp³-hybridized carbons (Fsp3) is 0.333. The molecule has 2 amide bonds. The van der Waals surface area contributed by atoms with Gasteiger partial charge in [-0.05, 0) is 37.0 Å². The van der Waals surface area contributed by atoms with Crippen LogP contribution < -0.4 is 15.2 Å². The summed E-state index contributed by atoms with van der Waals surface area (Å²) in [6, 6.07) is 5.96. The van der Waals surface area contributed by atoms with Gasteiger partial charge in [0.25, 0.3) is 5.91 Å². The number of hydrogen-bond donors (Lipinski definition) is 1. The predicted octanol–water partition coefficient (Wildman–Crippen LogP) is 4.43. The summed E-state index contributed by atoms with van der Waals surface area (Å²) >= 11 is 6.21. The standard InChI is InChI=1S/C21H22ClN3O4/c1-28-16-8-14(19(23)26)9-17(11-16)29-21-18(22)10-15(12-25-21)20(27)24-7-3-6-13-4-2-5-13/h7-13H,2-6H2,1H3,(H2,23,26). The Morgan fingerprint density at radius 2 is 2.00 bits per heavy atom. The van der Waals surface area contributed by atoms with Crippen molar-refractivity contribution in [3.63, 3.8) is 0 Å². The van der Waals surface area contributed by atoms with E-state index >= 15 is 0 Å². The summed E-state index contributed by atoms with van der Waals surface area (Å²) in [5, 5.41) is 0.143. The molecule has 152 valence electrons. The van der Waals surface area contributed by atoms with Crippen molar-refractivity contribution >= 4 is 29.6 Å². The van der Waals surface area contributed by atoms with Crippen LogP contribution in [0, 0.1) is 5.92 Å². The monoisotopic (exact) mass is 415 g/mol. The first-order valence-corrected chi connectivity index (χ1v) is 9.73. The second kappa shape index (κ2) is 9.52. The van der Waals surface area contributed by atoms with Gasteiger partial charge in [0.05, 0.1) is 12.7 Å². The van der Waals surface area contributed by atoms with E-state index in [1.165, 1.54) is 50.8 Å². The first-order chi connectivity index (χ1) is 14.0. The van der Waals surface area contributed by atoms with Crippen molar-refractivity contribution in [2.45, 2.75) is 32.1 Å². The first kappa shape index (κ1) is 20.8. The normalized spacial score (nSPS) is 13.9. The molecule has 1 aromatic heterocycles. The summed E-state index contributed by atoms with van der Waals surface area (Å²) in [5.74, 6) is 0.508. The number of amides is 2. The molecule has 1 heterocycles. The van der Waals surface area contributed by atoms with Crippen LogP contribution in [0.25, 0.3) is 0 Å². The summed E-state index contributed by atoms with van der Waals surface area (Å²) in [5.41, 5.74) is 5.81. The highest BCUT2D eigenvalue weighted by Gasteiger charge is 2.16. The second-order valence-electron chi connectivity index (χ2n) is 6.87. The molecule has 0 aliphatic heterocycles. The number of nitrogens with zero attached hydrogens (tertiary/aromatic N) is 2. The van der Waals surface area contributed by atoms with Gasteiger partial charge in [-0.2, -0.15) is 0 Å². The number of ether oxygens (including phenoxy) is 2. The van der Waals surface area contributed by atoms with Crippen LogP contribution >= 0.6 is 11.6 Å². The number of halogens is 1. The number of aromatic nitrogens is 1. The number of rotatable bonds is 8. The highest BCUT2D eigenvalue weighted by molar-refractivity contribution is 6.32. The number of carbonyl (C=O) groups excluding carboxylic acids is 2. The number of nitrogens with two attached hydrogens (primary N) is 1. The molecule has 1 aliphatic carbocycles. The minimum atomic E-state index is -0.621. The van der Waals surface area contributed by atoms with Crippen LogP contribution in [-0.4, -0.2) is 30.1 Å². The lowest BCUT2D eigenvalue weighted by atomic mass is 9.82. The molecule has 3 rings (SSSR count). The SMILES string of the molecule is COc1cc(Oc2ncc(C(=O)N=CCCC3CCC3)cc2Cl)cc(C(N)=O)c1. The number of benzene rings is 1. The lowest BCUT2D eigenvalue weighted by molar-refractivity contribution is 0.0992. The Kier molecular flexibility index (Phi) is 6.82. The van der Waals surface area contributed by atoms with Gasteiger partial charge in [-0.3, -0.25) is 9.59 Å². The molecular formula is C21H22ClN3O4. The maximum Gasteiger partial charge on any atom is 0.278 e. The Morgan fingerprint density at radius 3 is 2.62 bits per heavy atom. The van der Waals surface area contributed by atoms with Crippen molar-refractivity contribution in [1.82, 2.24) is 4.98 Å². The number of primary amides is 1. The van der Waals surface area contributed by atoms with E-state index in [4.69, 9.17) is 26.8 Å². The van der Waals surface area contributed by atoms with E-state index in [1.807, 2.05) is 0 Å². The topological polar surface area (TPSA) is 104 Å². The van der Waals surface area contributed by atoms with Gasteiger partial charge in [0.15, 0.2) is 0 Å². The van der Waals surface area contributed by atoms with Gasteiger partial charge in [0.1, 0.15) is 16.5 Å². The molecule has 0 radical (unpaired) electrons. The molecule has 2 aromatic rings. The van der Waals surface area contributed by atoms with Crippen LogP contribution in [0.5, 0.6) is 17.4 Å². The molecule has 29 heavy (non-hydrogen) atoms. The molecule has 1 aliphatic rings. The molecule has 7 nitrogen and oxygen atoms in total. The molecule has 0 spiro atoms. The van der Waals surface area contributed by atoms with Gasteiger partial charge < -0.3 is 15.2 Å². The molecule has 1 fully saturated rings. The Labute approximate surface area is 173 Å². The van der Waals surface area contributed by atoms with Crippen LogP contribution in [-0.2, 0) is 0 Å². The molecular weight excluding hydrogens is 394 g/mol. The molecule has 0 saturated heterocycles. The Morgan fingerprint density at radius 1 is 1.24 bits per heavy atom. The average Bonchev–Trinajstić information content (AvgIpc) is 2.67. The van der Waals surface area contributed by atoms with E-state index in [9.17, 15) is 9.59 Å². The Bertz CT molecular complexity index is 942. The van der Waals surface area contributed by atoms with E-state index in [0.717, 1.165) is 18.8 Å². The predicted molar refractivity (Wildman–Crippen MR) is 110 cm³/mol. The molecule has 1 aromatic carbocycles. The van der Waals surface area contributed by atoms with Gasteiger partial charge in [0, 0.05) is 24.0 Å². The van der Waals surface area contributed by atoms with E-state index in [0.29, 0.717) is 5.75 Å². The van der Waals surface area contributed by atoms with E-state index in [-0.39, 0.29) is 27.8 Å². The van der Waals surface area contributed by atoms with Gasteiger partial charge in [0.2, 0.25) is 11.8 Å². The van der Waals surface area contributed by atoms with Crippen molar-refractivity contribution in [3.05, 3.63) is 46.6 Å². The molecule has 0 unspecified atom stereocenters. The fourth-order valence-corrected chi connectivity index (χ4v) is 3.14. The van der Waals surface area contributed by atoms with E-state index in [1.54, 1.807) is 12.3 Å². The third-order valence-corrected chi connectivity index (χ3v) is 5.08. The first-order valence-electron chi connectivity index (χ1n) is 9.35. The van der Waals surface area contributed by atoms with Crippen LogP contribution in [0.4, 0.5) is 0 Å². The van der Waals surface area contributed by atoms with Crippen molar-refractivity contribution < 1.29 is 19.1 Å². The molecule has 8 heteroatoms. The van der Waals surface area contributed by atoms with E-state index in [2.05, 4.69) is 9.98 Å². The third kappa shape index (κ3) is 5.54. The smallest absolute Gasteiger partial charge is 0.278 e. The zero-order chi connectivity index (χ0) is 20.8. The summed E-state index contributed by atoms with van der Waals surface area (Å²) in [4.78, 5) is 31.7. The van der Waals surface area contributed by atoms with Crippen molar-refractivity contribution in [2.75, 3.05) is 7.11 Å². The summed E-state index contributed by atoms with van der Waals surface area (Å²) < 4.78 is 10.8. The summed E-state index contributed by atoms with van der Waals surface area (Å²) in [6.45, 7) is 0. The lowest BCUT2D eigenvalue weighted by Crippen LogP contribution is -2.11. The van der Waals surface area contributed by atoms with Crippen LogP contribution in [0.1, 0.15) is 52.8 Å². The Balaban J connectivity index is 1.67. The highest BCUT2D eigenvalue weighted by atomic mass is 35.5. The van der Waals surface area contributed by atoms with Crippen LogP contribution in [0.15, 0.2) is 35.5 Å². The number of methoxy groups -OCH3 is 1. The maximum absolute atomic E-state index is 12.2. The maximum atomic E-state index is 12.2. The van der Waals surface area contributed by atoms with Crippen molar-refractivity contribution in [3.8, 4) is 17.4 Å². The zero-order valence-corrected chi connectivity index (χ0v) is 16.8. The molecule has 1 saturated carbocycles. The lowest BCUT2D eigenvalue weighted by Gasteiger charge is -2.24. The number of pyridine rings is 1. The van der Waals surface area contributed by atoms with Gasteiger partial charge >= 0.3 is 0 Å². The summed E-state index contributed by atoms with van der Waals surface area (Å²) in [7, 11) is 1.46. The fourth-order valence-electron chi connectivity index (χ4n) is 2.93. The van der Waals surface area contributed by atoms with E-state index < -0.39 is 11.8 Å². The third-order valence-electron chi connectivity index (χ3n) is 4.81. The minimum Gasteiger partial charge on any atom is -0.497 e. The van der Waals surface area contributed by atoms with Gasteiger partial charge in [-0.15, -0.1) is 0 Å². The molecule has 0 bridgehead atoms. The highest BCUT2D eigenvalue weighted by Crippen LogP contribution is 2.31. The minimum absolute atomic E-state index is 0.0841. The largest absolute Gasteiger partial charge is 0.497 e. The number of carbonyl (C=O) groups is 2. The van der Waals surface area contributed by atoms with Gasteiger partial charge in [-0.1, -0.05) is 30.9 Å². The molecule has 2 N–H and O–H groups in total. The van der Waals surface area contributed by atoms with Crippen molar-refractivity contribution in [1.29, 1.82) is 0 Å². The van der Waals surface area contributed by atoms with Crippen molar-refractivity contribution in [2.24, 2.45) is 16.6 Å². The quantitative estimate of drug-likeness (QED) is 0.642. The molecule has 0 atom stereocenters. The van der Waals surface area contributed by atoms with Crippen LogP contribution in [0.3, 0.4) is 0 Å². The Hall–Kier alpha value is -2.93. The second-order valence-corrected chi connectivity index (χ2v) is 7.27. The van der Waals surface area contributed by atoms with Crippen LogP contribution in [0.2, 0.25) is 5.02 Å². The number of hydrogen-bond acceptors (Lipinski definition) is 5. The zero-order valence-electron chi connectivity index (χ0n) is 16.1. The summed E-state index contributed by atoms with van der Waals surface area (Å²) in [6.07, 6.45) is 8.71.